The Morgan fingerprint density at radius 2 is 1.20 bits per heavy atom. The lowest BCUT2D eigenvalue weighted by molar-refractivity contribution is -0.114. The number of benzene rings is 5. The molecular formula is C34H22N4O2S. The van der Waals surface area contributed by atoms with Crippen LogP contribution in [0, 0.1) is 0 Å². The van der Waals surface area contributed by atoms with E-state index in [1.807, 2.05) is 133 Å². The number of hydrogen-bond acceptors (Lipinski definition) is 6. The van der Waals surface area contributed by atoms with E-state index in [-0.39, 0.29) is 16.7 Å². The first-order chi connectivity index (χ1) is 20.2. The molecule has 41 heavy (non-hydrogen) atoms. The van der Waals surface area contributed by atoms with E-state index in [1.165, 1.54) is 16.8 Å². The molecule has 0 aromatic heterocycles. The number of nitrogens with zero attached hydrogens (tertiary/aromatic N) is 4. The van der Waals surface area contributed by atoms with Crippen LogP contribution in [0.25, 0.3) is 10.8 Å². The molecule has 196 valence electrons. The summed E-state index contributed by atoms with van der Waals surface area (Å²) in [6, 6.07) is 42.0. The first-order valence-corrected chi connectivity index (χ1v) is 13.9. The van der Waals surface area contributed by atoms with Crippen molar-refractivity contribution in [2.24, 2.45) is 10.2 Å². The third-order valence-corrected chi connectivity index (χ3v) is 7.92. The molecule has 1 amide bonds. The Morgan fingerprint density at radius 1 is 0.610 bits per heavy atom. The maximum absolute atomic E-state index is 14.1. The van der Waals surface area contributed by atoms with E-state index in [0.29, 0.717) is 27.6 Å². The molecule has 5 aromatic rings. The summed E-state index contributed by atoms with van der Waals surface area (Å²) in [4.78, 5) is 27.9. The van der Waals surface area contributed by atoms with Crippen LogP contribution in [-0.4, -0.2) is 22.4 Å². The number of ketones is 1. The highest BCUT2D eigenvalue weighted by Crippen LogP contribution is 2.41. The molecule has 0 fully saturated rings. The molecule has 0 aliphatic carbocycles. The van der Waals surface area contributed by atoms with Crippen molar-refractivity contribution in [3.63, 3.8) is 0 Å². The Labute approximate surface area is 240 Å². The number of thioether (sulfide) groups is 1. The smallest absolute Gasteiger partial charge is 0.283 e. The van der Waals surface area contributed by atoms with Crippen LogP contribution < -0.4 is 10.0 Å². The van der Waals surface area contributed by atoms with Crippen molar-refractivity contribution in [2.45, 2.75) is 0 Å². The Bertz CT molecular complexity index is 1900. The highest BCUT2D eigenvalue weighted by molar-refractivity contribution is 8.19. The summed E-state index contributed by atoms with van der Waals surface area (Å²) in [7, 11) is 0. The van der Waals surface area contributed by atoms with Crippen LogP contribution in [0.4, 0.5) is 11.4 Å². The van der Waals surface area contributed by atoms with Gasteiger partial charge in [-0.3, -0.25) is 9.59 Å². The minimum Gasteiger partial charge on any atom is -0.286 e. The fourth-order valence-electron chi connectivity index (χ4n) is 4.88. The maximum atomic E-state index is 14.1. The van der Waals surface area contributed by atoms with E-state index >= 15 is 0 Å². The molecule has 7 rings (SSSR count). The number of hydrogen-bond donors (Lipinski definition) is 0. The highest BCUT2D eigenvalue weighted by Gasteiger charge is 2.40. The van der Waals surface area contributed by atoms with Gasteiger partial charge in [0.25, 0.3) is 5.91 Å². The fourth-order valence-corrected chi connectivity index (χ4v) is 5.91. The van der Waals surface area contributed by atoms with Crippen molar-refractivity contribution in [1.29, 1.82) is 0 Å². The first kappa shape index (κ1) is 24.7. The molecule has 6 nitrogen and oxygen atoms in total. The first-order valence-electron chi connectivity index (χ1n) is 13.1. The Morgan fingerprint density at radius 3 is 1.88 bits per heavy atom. The predicted octanol–water partition coefficient (Wildman–Crippen LogP) is 7.25. The summed E-state index contributed by atoms with van der Waals surface area (Å²) in [5, 5.41) is 15.5. The van der Waals surface area contributed by atoms with Crippen molar-refractivity contribution < 1.29 is 9.59 Å². The lowest BCUT2D eigenvalue weighted by Gasteiger charge is -2.18. The van der Waals surface area contributed by atoms with Gasteiger partial charge in [-0.05, 0) is 52.9 Å². The molecule has 5 aromatic carbocycles. The van der Waals surface area contributed by atoms with Gasteiger partial charge in [0.1, 0.15) is 16.3 Å². The van der Waals surface area contributed by atoms with Gasteiger partial charge in [0.05, 0.1) is 11.4 Å². The third-order valence-electron chi connectivity index (χ3n) is 6.89. The molecule has 2 aliphatic heterocycles. The predicted molar refractivity (Wildman–Crippen MR) is 166 cm³/mol. The molecule has 0 saturated carbocycles. The molecule has 0 spiro atoms. The summed E-state index contributed by atoms with van der Waals surface area (Å²) in [6.07, 6.45) is 0. The lowest BCUT2D eigenvalue weighted by Crippen LogP contribution is -2.24. The van der Waals surface area contributed by atoms with Crippen molar-refractivity contribution in [2.75, 3.05) is 10.0 Å². The average Bonchev–Trinajstić information content (AvgIpc) is 3.63. The number of anilines is 2. The second kappa shape index (κ2) is 10.4. The molecule has 0 unspecified atom stereocenters. The van der Waals surface area contributed by atoms with E-state index in [0.717, 1.165) is 22.0 Å². The molecule has 2 heterocycles. The van der Waals surface area contributed by atoms with Gasteiger partial charge < -0.3 is 0 Å². The van der Waals surface area contributed by atoms with Crippen molar-refractivity contribution in [1.82, 2.24) is 0 Å². The number of para-hydroxylation sites is 2. The van der Waals surface area contributed by atoms with Crippen LogP contribution in [0.3, 0.4) is 0 Å². The van der Waals surface area contributed by atoms with Crippen LogP contribution in [0.15, 0.2) is 154 Å². The lowest BCUT2D eigenvalue weighted by atomic mass is 10.0. The summed E-state index contributed by atoms with van der Waals surface area (Å²) in [5.41, 5.74) is 3.64. The SMILES string of the molecule is O=C(C1=NN(c2ccccc2)/C(=C2/C(=O)N(c3ccccc3)N=C2c2ccccc2)S1)c1ccc2ccccc2c1. The second-order valence-electron chi connectivity index (χ2n) is 9.49. The number of fused-ring (bicyclic) bond motifs is 1. The Balaban J connectivity index is 1.37. The number of carbonyl (C=O) groups is 2. The zero-order valence-corrected chi connectivity index (χ0v) is 22.5. The van der Waals surface area contributed by atoms with Gasteiger partial charge in [-0.2, -0.15) is 15.2 Å². The van der Waals surface area contributed by atoms with Gasteiger partial charge in [0, 0.05) is 11.1 Å². The third kappa shape index (κ3) is 4.52. The molecule has 0 bridgehead atoms. The number of amides is 1. The summed E-state index contributed by atoms with van der Waals surface area (Å²) >= 11 is 1.20. The Hall–Kier alpha value is -5.27. The van der Waals surface area contributed by atoms with E-state index in [4.69, 9.17) is 10.2 Å². The van der Waals surface area contributed by atoms with Crippen LogP contribution in [0.2, 0.25) is 0 Å². The Kier molecular flexibility index (Phi) is 6.26. The maximum Gasteiger partial charge on any atom is 0.283 e. The van der Waals surface area contributed by atoms with E-state index < -0.39 is 0 Å². The van der Waals surface area contributed by atoms with Crippen molar-refractivity contribution in [3.8, 4) is 0 Å². The van der Waals surface area contributed by atoms with Gasteiger partial charge in [-0.25, -0.2) is 5.01 Å². The largest absolute Gasteiger partial charge is 0.286 e. The fraction of sp³-hybridized carbons (Fsp3) is 0. The van der Waals surface area contributed by atoms with Crippen LogP contribution in [0.1, 0.15) is 15.9 Å². The number of carbonyl (C=O) groups excluding carboxylic acids is 2. The zero-order chi connectivity index (χ0) is 27.8. The number of hydrazone groups is 2. The summed E-state index contributed by atoms with van der Waals surface area (Å²) in [5.74, 6) is -0.492. The van der Waals surface area contributed by atoms with E-state index in [1.54, 1.807) is 5.01 Å². The highest BCUT2D eigenvalue weighted by atomic mass is 32.2. The van der Waals surface area contributed by atoms with Gasteiger partial charge in [-0.1, -0.05) is 103 Å². The van der Waals surface area contributed by atoms with Gasteiger partial charge >= 0.3 is 0 Å². The second-order valence-corrected chi connectivity index (χ2v) is 10.5. The quantitative estimate of drug-likeness (QED) is 0.171. The van der Waals surface area contributed by atoms with Crippen molar-refractivity contribution in [3.05, 3.63) is 155 Å². The summed E-state index contributed by atoms with van der Waals surface area (Å²) < 4.78 is 0. The minimum absolute atomic E-state index is 0.208. The number of rotatable bonds is 5. The van der Waals surface area contributed by atoms with Gasteiger partial charge in [0.15, 0.2) is 5.04 Å². The zero-order valence-electron chi connectivity index (χ0n) is 21.7. The molecule has 0 N–H and O–H groups in total. The van der Waals surface area contributed by atoms with Crippen LogP contribution >= 0.6 is 11.8 Å². The topological polar surface area (TPSA) is 65.3 Å². The van der Waals surface area contributed by atoms with Gasteiger partial charge in [-0.15, -0.1) is 0 Å². The molecule has 0 saturated heterocycles. The monoisotopic (exact) mass is 550 g/mol. The molecule has 0 radical (unpaired) electrons. The molecule has 2 aliphatic rings. The van der Waals surface area contributed by atoms with E-state index in [9.17, 15) is 9.59 Å². The van der Waals surface area contributed by atoms with E-state index in [2.05, 4.69) is 0 Å². The minimum atomic E-state index is -0.284. The summed E-state index contributed by atoms with van der Waals surface area (Å²) in [6.45, 7) is 0. The number of Topliss-reactive ketones (excluding diaryl/α,β-unsaturated/α-hetero) is 1. The van der Waals surface area contributed by atoms with Gasteiger partial charge in [0.2, 0.25) is 5.78 Å². The average molecular weight is 551 g/mol. The standard InChI is InChI=1S/C34H22N4O2S/c39-31(26-21-20-23-12-10-11-15-25(23)22-26)32-36-38(28-18-8-3-9-19-28)34(41-32)29-30(24-13-4-1-5-14-24)35-37(33(29)40)27-16-6-2-7-17-27/h1-22H/b34-29-. The normalized spacial score (nSPS) is 16.7. The van der Waals surface area contributed by atoms with Crippen LogP contribution in [0.5, 0.6) is 0 Å². The molecule has 0 atom stereocenters. The van der Waals surface area contributed by atoms with Crippen LogP contribution in [-0.2, 0) is 4.79 Å². The van der Waals surface area contributed by atoms with Crippen molar-refractivity contribution >= 4 is 56.4 Å². The molecule has 7 heteroatoms. The molecular weight excluding hydrogens is 528 g/mol.